The number of carbonyl (C=O) groups excluding carboxylic acids is 1. The van der Waals surface area contributed by atoms with Gasteiger partial charge in [-0.25, -0.2) is 0 Å². The second kappa shape index (κ2) is 6.72. The van der Waals surface area contributed by atoms with Gasteiger partial charge in [-0.15, -0.1) is 0 Å². The van der Waals surface area contributed by atoms with Gasteiger partial charge in [-0.2, -0.15) is 0 Å². The average Bonchev–Trinajstić information content (AvgIpc) is 2.82. The quantitative estimate of drug-likeness (QED) is 0.846. The van der Waals surface area contributed by atoms with E-state index in [4.69, 9.17) is 12.2 Å². The molecule has 0 radical (unpaired) electrons. The molecule has 2 aromatic rings. The number of thiocarbonyl (C=S) groups is 1. The van der Waals surface area contributed by atoms with Crippen LogP contribution in [0.5, 0.6) is 0 Å². The molecule has 1 aliphatic rings. The number of nitrogens with zero attached hydrogens (tertiary/aromatic N) is 1. The lowest BCUT2D eigenvalue weighted by Crippen LogP contribution is -2.33. The Morgan fingerprint density at radius 1 is 1.04 bits per heavy atom. The maximum absolute atomic E-state index is 12.7. The summed E-state index contributed by atoms with van der Waals surface area (Å²) in [5, 5.41) is 3.13. The van der Waals surface area contributed by atoms with Crippen LogP contribution in [0.2, 0.25) is 0 Å². The van der Waals surface area contributed by atoms with Crippen molar-refractivity contribution in [1.29, 1.82) is 0 Å². The summed E-state index contributed by atoms with van der Waals surface area (Å²) >= 11 is 6.85. The lowest BCUT2D eigenvalue weighted by atomic mass is 10.2. The van der Waals surface area contributed by atoms with Crippen LogP contribution in [0.3, 0.4) is 0 Å². The van der Waals surface area contributed by atoms with Gasteiger partial charge in [0.2, 0.25) is 5.91 Å². The molecule has 0 spiro atoms. The van der Waals surface area contributed by atoms with Crippen LogP contribution in [-0.4, -0.2) is 22.0 Å². The molecule has 2 aromatic carbocycles. The molecule has 1 atom stereocenters. The van der Waals surface area contributed by atoms with Crippen molar-refractivity contribution in [2.24, 2.45) is 0 Å². The van der Waals surface area contributed by atoms with Crippen LogP contribution >= 0.6 is 24.0 Å². The van der Waals surface area contributed by atoms with Crippen LogP contribution in [0.25, 0.3) is 0 Å². The lowest BCUT2D eigenvalue weighted by molar-refractivity contribution is -0.116. The maximum Gasteiger partial charge on any atom is 0.247 e. The highest BCUT2D eigenvalue weighted by Crippen LogP contribution is 2.32. The fraction of sp³-hybridized carbons (Fsp3) is 0.222. The van der Waals surface area contributed by atoms with E-state index in [2.05, 4.69) is 24.4 Å². The van der Waals surface area contributed by atoms with Crippen molar-refractivity contribution in [2.75, 3.05) is 16.8 Å². The smallest absolute Gasteiger partial charge is 0.247 e. The molecule has 0 aromatic heterocycles. The Morgan fingerprint density at radius 2 is 1.61 bits per heavy atom. The number of carbonyl (C=O) groups is 1. The van der Waals surface area contributed by atoms with E-state index in [-0.39, 0.29) is 11.2 Å². The Kier molecular flexibility index (Phi) is 4.68. The average molecular weight is 342 g/mol. The van der Waals surface area contributed by atoms with E-state index < -0.39 is 0 Å². The minimum atomic E-state index is -0.190. The molecule has 0 bridgehead atoms. The van der Waals surface area contributed by atoms with Crippen molar-refractivity contribution in [2.45, 2.75) is 19.1 Å². The summed E-state index contributed by atoms with van der Waals surface area (Å²) in [7, 11) is 0. The summed E-state index contributed by atoms with van der Waals surface area (Å²) in [6.07, 6.45) is 0. The van der Waals surface area contributed by atoms with Gasteiger partial charge in [0.05, 0.1) is 5.69 Å². The number of nitrogens with one attached hydrogen (secondary N) is 1. The highest BCUT2D eigenvalue weighted by atomic mass is 32.2. The molecule has 1 unspecified atom stereocenters. The molecule has 0 aliphatic carbocycles. The molecule has 1 aliphatic heterocycles. The number of amides is 1. The second-order valence-corrected chi connectivity index (χ2v) is 7.47. The van der Waals surface area contributed by atoms with Gasteiger partial charge in [0.15, 0.2) is 0 Å². The predicted molar refractivity (Wildman–Crippen MR) is 102 cm³/mol. The molecule has 1 amide bonds. The number of anilines is 2. The fourth-order valence-corrected chi connectivity index (χ4v) is 3.86. The highest BCUT2D eigenvalue weighted by Gasteiger charge is 2.37. The molecule has 0 saturated carbocycles. The van der Waals surface area contributed by atoms with Gasteiger partial charge in [-0.1, -0.05) is 59.4 Å². The largest absolute Gasteiger partial charge is 0.383 e. The molecule has 1 fully saturated rings. The molecule has 1 heterocycles. The molecule has 5 heteroatoms. The van der Waals surface area contributed by atoms with Gasteiger partial charge < -0.3 is 5.32 Å². The van der Waals surface area contributed by atoms with Crippen molar-refractivity contribution < 1.29 is 4.79 Å². The summed E-state index contributed by atoms with van der Waals surface area (Å²) < 4.78 is 0.620. The van der Waals surface area contributed by atoms with E-state index in [1.165, 1.54) is 17.3 Å². The first-order valence-electron chi connectivity index (χ1n) is 7.46. The van der Waals surface area contributed by atoms with Gasteiger partial charge in [0.25, 0.3) is 0 Å². The number of rotatable bonds is 4. The van der Waals surface area contributed by atoms with Crippen LogP contribution in [-0.2, 0) is 4.79 Å². The Labute approximate surface area is 146 Å². The molecule has 3 rings (SSSR count). The van der Waals surface area contributed by atoms with Gasteiger partial charge in [0, 0.05) is 12.2 Å². The number of hydrogen-bond acceptors (Lipinski definition) is 4. The summed E-state index contributed by atoms with van der Waals surface area (Å²) in [5.74, 6) is 0.0449. The first-order valence-corrected chi connectivity index (χ1v) is 8.75. The SMILES string of the molecule is Cc1ccc(NCC2SC(=S)N(c3ccc(C)cc3)C2=O)cc1. The first-order chi connectivity index (χ1) is 11.0. The Hall–Kier alpha value is -1.85. The Morgan fingerprint density at radius 3 is 2.22 bits per heavy atom. The van der Waals surface area contributed by atoms with Crippen LogP contribution in [0.4, 0.5) is 11.4 Å². The number of benzene rings is 2. The van der Waals surface area contributed by atoms with Crippen LogP contribution in [0.1, 0.15) is 11.1 Å². The van der Waals surface area contributed by atoms with Gasteiger partial charge >= 0.3 is 0 Å². The monoisotopic (exact) mass is 342 g/mol. The third-order valence-corrected chi connectivity index (χ3v) is 5.27. The van der Waals surface area contributed by atoms with E-state index in [9.17, 15) is 4.79 Å². The molecule has 3 nitrogen and oxygen atoms in total. The van der Waals surface area contributed by atoms with Crippen molar-refractivity contribution in [3.63, 3.8) is 0 Å². The Balaban J connectivity index is 1.68. The van der Waals surface area contributed by atoms with Gasteiger partial charge in [-0.3, -0.25) is 9.69 Å². The fourth-order valence-electron chi connectivity index (χ4n) is 2.40. The number of thioether (sulfide) groups is 1. The normalized spacial score (nSPS) is 17.7. The van der Waals surface area contributed by atoms with Gasteiger partial charge in [0.1, 0.15) is 9.57 Å². The molecule has 118 valence electrons. The molecular weight excluding hydrogens is 324 g/mol. The van der Waals surface area contributed by atoms with Crippen LogP contribution < -0.4 is 10.2 Å². The maximum atomic E-state index is 12.7. The zero-order chi connectivity index (χ0) is 16.4. The number of aryl methyl sites for hydroxylation is 2. The third kappa shape index (κ3) is 3.57. The molecule has 1 saturated heterocycles. The predicted octanol–water partition coefficient (Wildman–Crippen LogP) is 4.15. The third-order valence-electron chi connectivity index (χ3n) is 3.76. The van der Waals surface area contributed by atoms with E-state index in [0.717, 1.165) is 16.9 Å². The second-order valence-electron chi connectivity index (χ2n) is 5.63. The van der Waals surface area contributed by atoms with Crippen molar-refractivity contribution in [3.05, 3.63) is 59.7 Å². The zero-order valence-corrected chi connectivity index (χ0v) is 14.7. The summed E-state index contributed by atoms with van der Waals surface area (Å²) in [6.45, 7) is 4.64. The first kappa shape index (κ1) is 16.0. The highest BCUT2D eigenvalue weighted by molar-refractivity contribution is 8.25. The number of hydrogen-bond donors (Lipinski definition) is 1. The molecule has 23 heavy (non-hydrogen) atoms. The summed E-state index contributed by atoms with van der Waals surface area (Å²) in [4.78, 5) is 14.3. The summed E-state index contributed by atoms with van der Waals surface area (Å²) in [6, 6.07) is 16.0. The van der Waals surface area contributed by atoms with E-state index >= 15 is 0 Å². The zero-order valence-electron chi connectivity index (χ0n) is 13.1. The molecular formula is C18H18N2OS2. The van der Waals surface area contributed by atoms with Crippen molar-refractivity contribution >= 4 is 45.6 Å². The minimum Gasteiger partial charge on any atom is -0.383 e. The van der Waals surface area contributed by atoms with Crippen molar-refractivity contribution in [1.82, 2.24) is 0 Å². The standard InChI is InChI=1S/C18H18N2OS2/c1-12-3-7-14(8-4-12)19-11-16-17(21)20(18(22)23-16)15-9-5-13(2)6-10-15/h3-10,16,19H,11H2,1-2H3. The van der Waals surface area contributed by atoms with E-state index in [1.54, 1.807) is 4.90 Å². The van der Waals surface area contributed by atoms with Gasteiger partial charge in [-0.05, 0) is 38.1 Å². The van der Waals surface area contributed by atoms with E-state index in [1.807, 2.05) is 43.3 Å². The van der Waals surface area contributed by atoms with Crippen molar-refractivity contribution in [3.8, 4) is 0 Å². The summed E-state index contributed by atoms with van der Waals surface area (Å²) in [5.41, 5.74) is 4.24. The van der Waals surface area contributed by atoms with E-state index in [0.29, 0.717) is 10.9 Å². The van der Waals surface area contributed by atoms with Crippen LogP contribution in [0.15, 0.2) is 48.5 Å². The molecule has 1 N–H and O–H groups in total. The minimum absolute atomic E-state index is 0.0449. The Bertz CT molecular complexity index is 726. The van der Waals surface area contributed by atoms with Crippen LogP contribution in [0, 0.1) is 13.8 Å². The lowest BCUT2D eigenvalue weighted by Gasteiger charge is -2.16. The topological polar surface area (TPSA) is 32.3 Å².